The van der Waals surface area contributed by atoms with Gasteiger partial charge in [-0.15, -0.1) is 0 Å². The fourth-order valence-electron chi connectivity index (χ4n) is 3.06. The van der Waals surface area contributed by atoms with Gasteiger partial charge in [0.2, 0.25) is 0 Å². The van der Waals surface area contributed by atoms with Gasteiger partial charge in [-0.1, -0.05) is 32.0 Å². The highest BCUT2D eigenvalue weighted by molar-refractivity contribution is 5.46. The number of phenols is 1. The lowest BCUT2D eigenvalue weighted by Crippen LogP contribution is -2.18. The summed E-state index contributed by atoms with van der Waals surface area (Å²) < 4.78 is 0. The van der Waals surface area contributed by atoms with E-state index in [1.807, 2.05) is 20.2 Å². The summed E-state index contributed by atoms with van der Waals surface area (Å²) in [6.07, 6.45) is 0. The molecule has 0 amide bonds. The average Bonchev–Trinajstić information content (AvgIpc) is 2.50. The molecule has 0 spiro atoms. The number of phenolic OH excluding ortho intramolecular Hbond substituents is 1. The summed E-state index contributed by atoms with van der Waals surface area (Å²) >= 11 is 0. The Balaban J connectivity index is 2.09. The van der Waals surface area contributed by atoms with Crippen molar-refractivity contribution in [2.45, 2.75) is 39.8 Å². The lowest BCUT2D eigenvalue weighted by molar-refractivity contribution is 0.312. The van der Waals surface area contributed by atoms with E-state index in [2.05, 4.69) is 68.0 Å². The predicted octanol–water partition coefficient (Wildman–Crippen LogP) is 4.52. The number of benzene rings is 2. The number of nitrogens with zero attached hydrogens (tertiary/aromatic N) is 2. The molecule has 0 aliphatic carbocycles. The van der Waals surface area contributed by atoms with Crippen LogP contribution in [0, 0.1) is 6.92 Å². The summed E-state index contributed by atoms with van der Waals surface area (Å²) in [6.45, 7) is 8.05. The Morgan fingerprint density at radius 2 is 1.58 bits per heavy atom. The van der Waals surface area contributed by atoms with Crippen molar-refractivity contribution in [2.75, 3.05) is 26.0 Å². The molecule has 0 saturated carbocycles. The first kappa shape index (κ1) is 18.3. The Morgan fingerprint density at radius 1 is 0.958 bits per heavy atom. The zero-order valence-corrected chi connectivity index (χ0v) is 15.8. The molecule has 2 aromatic rings. The van der Waals surface area contributed by atoms with E-state index in [0.717, 1.165) is 24.2 Å². The van der Waals surface area contributed by atoms with Crippen molar-refractivity contribution in [1.82, 2.24) is 4.90 Å². The lowest BCUT2D eigenvalue weighted by Gasteiger charge is -2.20. The normalized spacial score (nSPS) is 11.3. The van der Waals surface area contributed by atoms with Gasteiger partial charge in [-0.25, -0.2) is 0 Å². The molecule has 1 N–H and O–H groups in total. The Bertz CT molecular complexity index is 675. The van der Waals surface area contributed by atoms with Crippen molar-refractivity contribution in [3.63, 3.8) is 0 Å². The summed E-state index contributed by atoms with van der Waals surface area (Å²) in [5.41, 5.74) is 5.95. The number of anilines is 1. The van der Waals surface area contributed by atoms with Crippen LogP contribution in [0.2, 0.25) is 0 Å². The molecule has 2 aromatic carbocycles. The third-order valence-electron chi connectivity index (χ3n) is 4.43. The van der Waals surface area contributed by atoms with Gasteiger partial charge in [-0.2, -0.15) is 0 Å². The Hall–Kier alpha value is -2.00. The van der Waals surface area contributed by atoms with Crippen LogP contribution in [0.3, 0.4) is 0 Å². The molecule has 0 heterocycles. The van der Waals surface area contributed by atoms with Gasteiger partial charge in [0.1, 0.15) is 5.75 Å². The molecule has 24 heavy (non-hydrogen) atoms. The van der Waals surface area contributed by atoms with Crippen LogP contribution < -0.4 is 4.90 Å². The smallest absolute Gasteiger partial charge is 0.120 e. The topological polar surface area (TPSA) is 26.7 Å². The summed E-state index contributed by atoms with van der Waals surface area (Å²) in [5, 5.41) is 10.3. The van der Waals surface area contributed by atoms with Gasteiger partial charge in [0.25, 0.3) is 0 Å². The van der Waals surface area contributed by atoms with E-state index < -0.39 is 0 Å². The van der Waals surface area contributed by atoms with Crippen LogP contribution in [0.4, 0.5) is 5.69 Å². The van der Waals surface area contributed by atoms with Gasteiger partial charge in [-0.3, -0.25) is 4.90 Å². The van der Waals surface area contributed by atoms with Crippen LogP contribution in [0.15, 0.2) is 36.4 Å². The quantitative estimate of drug-likeness (QED) is 0.845. The maximum absolute atomic E-state index is 10.3. The Kier molecular flexibility index (Phi) is 5.89. The predicted molar refractivity (Wildman–Crippen MR) is 103 cm³/mol. The van der Waals surface area contributed by atoms with E-state index in [9.17, 15) is 5.11 Å². The number of rotatable bonds is 6. The highest BCUT2D eigenvalue weighted by atomic mass is 16.3. The van der Waals surface area contributed by atoms with E-state index >= 15 is 0 Å². The van der Waals surface area contributed by atoms with Gasteiger partial charge < -0.3 is 10.0 Å². The fraction of sp³-hybridized carbons (Fsp3) is 0.429. The van der Waals surface area contributed by atoms with Crippen LogP contribution in [0.5, 0.6) is 5.75 Å². The third kappa shape index (κ3) is 4.51. The summed E-state index contributed by atoms with van der Waals surface area (Å²) in [7, 11) is 6.19. The maximum atomic E-state index is 10.3. The molecule has 0 aliphatic heterocycles. The second-order valence-electron chi connectivity index (χ2n) is 7.23. The van der Waals surface area contributed by atoms with Crippen LogP contribution in [-0.2, 0) is 13.1 Å². The van der Waals surface area contributed by atoms with E-state index in [4.69, 9.17) is 0 Å². The molecule has 0 unspecified atom stereocenters. The highest BCUT2D eigenvalue weighted by Crippen LogP contribution is 2.28. The molecular weight excluding hydrogens is 296 g/mol. The average molecular weight is 326 g/mol. The monoisotopic (exact) mass is 326 g/mol. The minimum absolute atomic E-state index is 0.395. The van der Waals surface area contributed by atoms with Gasteiger partial charge in [0.15, 0.2) is 0 Å². The first-order valence-electron chi connectivity index (χ1n) is 8.55. The molecule has 0 saturated heterocycles. The van der Waals surface area contributed by atoms with Gasteiger partial charge >= 0.3 is 0 Å². The van der Waals surface area contributed by atoms with Gasteiger partial charge in [-0.05, 0) is 54.8 Å². The van der Waals surface area contributed by atoms with Gasteiger partial charge in [0, 0.05) is 38.4 Å². The minimum atomic E-state index is 0.395. The van der Waals surface area contributed by atoms with Crippen LogP contribution in [0.1, 0.15) is 42.0 Å². The second kappa shape index (κ2) is 7.71. The number of aryl methyl sites for hydroxylation is 1. The van der Waals surface area contributed by atoms with Crippen molar-refractivity contribution in [3.05, 3.63) is 58.7 Å². The molecule has 0 bridgehead atoms. The van der Waals surface area contributed by atoms with Crippen molar-refractivity contribution < 1.29 is 5.11 Å². The lowest BCUT2D eigenvalue weighted by atomic mass is 9.95. The minimum Gasteiger partial charge on any atom is -0.508 e. The highest BCUT2D eigenvalue weighted by Gasteiger charge is 2.11. The SMILES string of the molecule is Cc1cc(O)c(CN(C)Cc2ccc(N(C)C)cc2)cc1C(C)C. The van der Waals surface area contributed by atoms with Crippen LogP contribution in [-0.4, -0.2) is 31.1 Å². The largest absolute Gasteiger partial charge is 0.508 e. The van der Waals surface area contributed by atoms with E-state index in [-0.39, 0.29) is 0 Å². The zero-order valence-electron chi connectivity index (χ0n) is 15.8. The van der Waals surface area contributed by atoms with E-state index in [1.165, 1.54) is 16.8 Å². The maximum Gasteiger partial charge on any atom is 0.120 e. The molecule has 0 aromatic heterocycles. The molecular formula is C21H30N2O. The number of hydrogen-bond donors (Lipinski definition) is 1. The number of aromatic hydroxyl groups is 1. The molecule has 0 atom stereocenters. The first-order valence-corrected chi connectivity index (χ1v) is 8.55. The molecule has 2 rings (SSSR count). The Morgan fingerprint density at radius 3 is 2.12 bits per heavy atom. The first-order chi connectivity index (χ1) is 11.3. The standard InChI is InChI=1S/C21H30N2O/c1-15(2)20-12-18(21(24)11-16(20)3)14-23(6)13-17-7-9-19(10-8-17)22(4)5/h7-12,15,24H,13-14H2,1-6H3. The fourth-order valence-corrected chi connectivity index (χ4v) is 3.06. The summed E-state index contributed by atoms with van der Waals surface area (Å²) in [4.78, 5) is 4.34. The molecule has 0 aliphatic rings. The van der Waals surface area contributed by atoms with E-state index in [0.29, 0.717) is 11.7 Å². The molecule has 130 valence electrons. The zero-order chi connectivity index (χ0) is 17.9. The van der Waals surface area contributed by atoms with Crippen LogP contribution in [0.25, 0.3) is 0 Å². The van der Waals surface area contributed by atoms with E-state index in [1.54, 1.807) is 0 Å². The molecule has 0 fully saturated rings. The van der Waals surface area contributed by atoms with Crippen molar-refractivity contribution >= 4 is 5.69 Å². The van der Waals surface area contributed by atoms with Crippen molar-refractivity contribution in [3.8, 4) is 5.75 Å². The van der Waals surface area contributed by atoms with Gasteiger partial charge in [0.05, 0.1) is 0 Å². The third-order valence-corrected chi connectivity index (χ3v) is 4.43. The van der Waals surface area contributed by atoms with Crippen molar-refractivity contribution in [1.29, 1.82) is 0 Å². The molecule has 0 radical (unpaired) electrons. The molecule has 3 heteroatoms. The Labute approximate surface area is 146 Å². The van der Waals surface area contributed by atoms with Crippen LogP contribution >= 0.6 is 0 Å². The summed E-state index contributed by atoms with van der Waals surface area (Å²) in [6, 6.07) is 12.7. The second-order valence-corrected chi connectivity index (χ2v) is 7.23. The summed E-state index contributed by atoms with van der Waals surface area (Å²) in [5.74, 6) is 0.861. The number of hydrogen-bond acceptors (Lipinski definition) is 3. The van der Waals surface area contributed by atoms with Crippen molar-refractivity contribution in [2.24, 2.45) is 0 Å². The molecule has 3 nitrogen and oxygen atoms in total.